The van der Waals surface area contributed by atoms with Crippen LogP contribution >= 0.6 is 23.4 Å². The standard InChI is InChI=1S/C17H10ClFN2O5S/c18-12-2-1-3-13(19)11(12)8-20-16(23)15(27-17(20)24)7-9-6-10(21(25)26)4-5-14(9)22/h1-7,22H,8H2/b15-7-. The lowest BCUT2D eigenvalue weighted by Gasteiger charge is -2.14. The molecule has 0 aliphatic carbocycles. The quantitative estimate of drug-likeness (QED) is 0.459. The zero-order chi connectivity index (χ0) is 19.7. The molecule has 3 rings (SSSR count). The Labute approximate surface area is 161 Å². The number of nitrogens with zero attached hydrogens (tertiary/aromatic N) is 2. The number of amides is 2. The van der Waals surface area contributed by atoms with Gasteiger partial charge in [0.2, 0.25) is 0 Å². The molecule has 138 valence electrons. The lowest BCUT2D eigenvalue weighted by molar-refractivity contribution is -0.384. The second-order valence-corrected chi connectivity index (χ2v) is 6.87. The number of nitro benzene ring substituents is 1. The molecule has 1 fully saturated rings. The van der Waals surface area contributed by atoms with Crippen LogP contribution in [0.5, 0.6) is 5.75 Å². The number of carbonyl (C=O) groups excluding carboxylic acids is 2. The van der Waals surface area contributed by atoms with E-state index in [1.807, 2.05) is 0 Å². The second-order valence-electron chi connectivity index (χ2n) is 5.47. The highest BCUT2D eigenvalue weighted by molar-refractivity contribution is 8.18. The first-order valence-corrected chi connectivity index (χ1v) is 8.63. The van der Waals surface area contributed by atoms with Crippen molar-refractivity contribution in [1.82, 2.24) is 4.90 Å². The number of imide groups is 1. The Balaban J connectivity index is 1.91. The molecule has 1 aliphatic heterocycles. The summed E-state index contributed by atoms with van der Waals surface area (Å²) in [6, 6.07) is 7.32. The van der Waals surface area contributed by atoms with E-state index in [0.717, 1.165) is 29.2 Å². The maximum Gasteiger partial charge on any atom is 0.293 e. The molecular formula is C17H10ClFN2O5S. The van der Waals surface area contributed by atoms with E-state index in [2.05, 4.69) is 0 Å². The highest BCUT2D eigenvalue weighted by atomic mass is 35.5. The smallest absolute Gasteiger partial charge is 0.293 e. The molecule has 2 amide bonds. The van der Waals surface area contributed by atoms with E-state index in [4.69, 9.17) is 11.6 Å². The molecule has 0 bridgehead atoms. The molecule has 0 aromatic heterocycles. The van der Waals surface area contributed by atoms with Crippen molar-refractivity contribution in [2.45, 2.75) is 6.54 Å². The summed E-state index contributed by atoms with van der Waals surface area (Å²) >= 11 is 6.51. The van der Waals surface area contributed by atoms with E-state index >= 15 is 0 Å². The first-order valence-electron chi connectivity index (χ1n) is 7.43. The number of carbonyl (C=O) groups is 2. The summed E-state index contributed by atoms with van der Waals surface area (Å²) in [4.78, 5) is 35.6. The number of hydrogen-bond donors (Lipinski definition) is 1. The van der Waals surface area contributed by atoms with Crippen molar-refractivity contribution >= 4 is 46.3 Å². The van der Waals surface area contributed by atoms with Crippen LogP contribution in [0.2, 0.25) is 5.02 Å². The van der Waals surface area contributed by atoms with Crippen LogP contribution in [0.1, 0.15) is 11.1 Å². The normalized spacial score (nSPS) is 15.6. The number of halogens is 2. The van der Waals surface area contributed by atoms with Gasteiger partial charge in [-0.2, -0.15) is 0 Å². The van der Waals surface area contributed by atoms with E-state index in [9.17, 15) is 29.2 Å². The van der Waals surface area contributed by atoms with Crippen molar-refractivity contribution < 1.29 is 24.0 Å². The van der Waals surface area contributed by atoms with Gasteiger partial charge in [0.1, 0.15) is 11.6 Å². The summed E-state index contributed by atoms with van der Waals surface area (Å²) < 4.78 is 13.9. The average molecular weight is 409 g/mol. The number of benzene rings is 2. The molecule has 27 heavy (non-hydrogen) atoms. The van der Waals surface area contributed by atoms with Crippen LogP contribution in [0.25, 0.3) is 6.08 Å². The number of non-ortho nitro benzene ring substituents is 1. The van der Waals surface area contributed by atoms with E-state index in [-0.39, 0.29) is 39.0 Å². The summed E-state index contributed by atoms with van der Waals surface area (Å²) in [5, 5.41) is 20.1. The van der Waals surface area contributed by atoms with Gasteiger partial charge in [-0.3, -0.25) is 24.6 Å². The minimum atomic E-state index is -0.713. The van der Waals surface area contributed by atoms with Crippen molar-refractivity contribution in [2.75, 3.05) is 0 Å². The molecule has 0 saturated carbocycles. The van der Waals surface area contributed by atoms with Crippen LogP contribution < -0.4 is 0 Å². The number of phenolic OH excluding ortho intramolecular Hbond substituents is 1. The van der Waals surface area contributed by atoms with Gasteiger partial charge in [0.25, 0.3) is 16.8 Å². The fourth-order valence-electron chi connectivity index (χ4n) is 2.39. The third-order valence-corrected chi connectivity index (χ3v) is 5.02. The molecule has 0 unspecified atom stereocenters. The van der Waals surface area contributed by atoms with Crippen LogP contribution in [0, 0.1) is 15.9 Å². The zero-order valence-electron chi connectivity index (χ0n) is 13.4. The van der Waals surface area contributed by atoms with Crippen molar-refractivity contribution in [3.63, 3.8) is 0 Å². The van der Waals surface area contributed by atoms with Crippen LogP contribution in [0.15, 0.2) is 41.3 Å². The van der Waals surface area contributed by atoms with Gasteiger partial charge >= 0.3 is 0 Å². The number of phenols is 1. The van der Waals surface area contributed by atoms with E-state index < -0.39 is 21.9 Å². The van der Waals surface area contributed by atoms with Gasteiger partial charge in [-0.05, 0) is 36.0 Å². The van der Waals surface area contributed by atoms with Gasteiger partial charge in [-0.1, -0.05) is 17.7 Å². The molecular weight excluding hydrogens is 399 g/mol. The fourth-order valence-corrected chi connectivity index (χ4v) is 3.44. The fraction of sp³-hybridized carbons (Fsp3) is 0.0588. The topological polar surface area (TPSA) is 101 Å². The summed E-state index contributed by atoms with van der Waals surface area (Å²) in [6.07, 6.45) is 1.18. The molecule has 1 heterocycles. The van der Waals surface area contributed by atoms with Crippen LogP contribution in [-0.4, -0.2) is 26.1 Å². The van der Waals surface area contributed by atoms with Crippen molar-refractivity contribution in [3.8, 4) is 5.75 Å². The minimum Gasteiger partial charge on any atom is -0.507 e. The maximum atomic E-state index is 13.9. The number of nitro groups is 1. The Morgan fingerprint density at radius 3 is 2.70 bits per heavy atom. The summed E-state index contributed by atoms with van der Waals surface area (Å²) in [7, 11) is 0. The van der Waals surface area contributed by atoms with Crippen LogP contribution in [0.4, 0.5) is 14.9 Å². The molecule has 0 radical (unpaired) electrons. The van der Waals surface area contributed by atoms with E-state index in [1.165, 1.54) is 18.2 Å². The Kier molecular flexibility index (Phi) is 5.15. The third-order valence-electron chi connectivity index (χ3n) is 3.76. The summed E-state index contributed by atoms with van der Waals surface area (Å²) in [6.45, 7) is -0.353. The molecule has 1 aliphatic rings. The van der Waals surface area contributed by atoms with Gasteiger partial charge in [-0.15, -0.1) is 0 Å². The second kappa shape index (κ2) is 7.37. The van der Waals surface area contributed by atoms with E-state index in [1.54, 1.807) is 0 Å². The largest absolute Gasteiger partial charge is 0.507 e. The average Bonchev–Trinajstić information content (AvgIpc) is 2.87. The number of rotatable bonds is 4. The highest BCUT2D eigenvalue weighted by Gasteiger charge is 2.36. The van der Waals surface area contributed by atoms with Gasteiger partial charge in [-0.25, -0.2) is 4.39 Å². The number of hydrogen-bond acceptors (Lipinski definition) is 6. The molecule has 2 aromatic rings. The van der Waals surface area contributed by atoms with Gasteiger partial charge in [0.15, 0.2) is 0 Å². The lowest BCUT2D eigenvalue weighted by Crippen LogP contribution is -2.28. The first-order chi connectivity index (χ1) is 12.8. The minimum absolute atomic E-state index is 0.000845. The van der Waals surface area contributed by atoms with Gasteiger partial charge < -0.3 is 5.11 Å². The van der Waals surface area contributed by atoms with Crippen molar-refractivity contribution in [3.05, 3.63) is 73.4 Å². The molecule has 0 spiro atoms. The van der Waals surface area contributed by atoms with Gasteiger partial charge in [0.05, 0.1) is 16.4 Å². The first kappa shape index (κ1) is 18.9. The zero-order valence-corrected chi connectivity index (χ0v) is 15.0. The number of thioether (sulfide) groups is 1. The summed E-state index contributed by atoms with van der Waals surface area (Å²) in [5.41, 5.74) is -0.268. The number of aromatic hydroxyl groups is 1. The summed E-state index contributed by atoms with van der Waals surface area (Å²) in [5.74, 6) is -1.65. The van der Waals surface area contributed by atoms with Crippen LogP contribution in [-0.2, 0) is 11.3 Å². The van der Waals surface area contributed by atoms with Gasteiger partial charge in [0, 0.05) is 28.3 Å². The van der Waals surface area contributed by atoms with Crippen molar-refractivity contribution in [2.24, 2.45) is 0 Å². The van der Waals surface area contributed by atoms with Crippen LogP contribution in [0.3, 0.4) is 0 Å². The maximum absolute atomic E-state index is 13.9. The molecule has 1 saturated heterocycles. The Morgan fingerprint density at radius 2 is 2.04 bits per heavy atom. The predicted molar refractivity (Wildman–Crippen MR) is 97.7 cm³/mol. The lowest BCUT2D eigenvalue weighted by atomic mass is 10.1. The Morgan fingerprint density at radius 1 is 1.30 bits per heavy atom. The highest BCUT2D eigenvalue weighted by Crippen LogP contribution is 2.36. The Bertz CT molecular complexity index is 991. The van der Waals surface area contributed by atoms with E-state index in [0.29, 0.717) is 11.8 Å². The monoisotopic (exact) mass is 408 g/mol. The molecule has 0 atom stereocenters. The molecule has 2 aromatic carbocycles. The molecule has 10 heteroatoms. The molecule has 7 nitrogen and oxygen atoms in total. The predicted octanol–water partition coefficient (Wildman–Crippen LogP) is 4.33. The molecule has 1 N–H and O–H groups in total. The SMILES string of the molecule is O=C1S/C(=C\c2cc([N+](=O)[O-])ccc2O)C(=O)N1Cc1c(F)cccc1Cl. The third kappa shape index (κ3) is 3.79. The van der Waals surface area contributed by atoms with Crippen molar-refractivity contribution in [1.29, 1.82) is 0 Å². The Hall–Kier alpha value is -2.91.